The van der Waals surface area contributed by atoms with Gasteiger partial charge < -0.3 is 4.74 Å². The third kappa shape index (κ3) is 3.72. The number of ether oxygens (including phenoxy) is 1. The van der Waals surface area contributed by atoms with Gasteiger partial charge in [-0.15, -0.1) is 0 Å². The molecule has 2 rings (SSSR count). The normalized spacial score (nSPS) is 10.7. The van der Waals surface area contributed by atoms with Crippen molar-refractivity contribution in [3.63, 3.8) is 0 Å². The van der Waals surface area contributed by atoms with Gasteiger partial charge in [0.2, 0.25) is 0 Å². The molecule has 2 aromatic carbocycles. The zero-order valence-electron chi connectivity index (χ0n) is 13.1. The quantitative estimate of drug-likeness (QED) is 0.810. The van der Waals surface area contributed by atoms with Gasteiger partial charge in [0.25, 0.3) is 0 Å². The molecule has 0 spiro atoms. The molecule has 2 heteroatoms. The number of carbonyl (C=O) groups is 1. The smallest absolute Gasteiger partial charge is 0.139 e. The first-order valence-electron chi connectivity index (χ1n) is 7.28. The number of ketones is 1. The fourth-order valence-corrected chi connectivity index (χ4v) is 2.25. The second-order valence-electron chi connectivity index (χ2n) is 5.70. The van der Waals surface area contributed by atoms with Gasteiger partial charge in [0, 0.05) is 17.9 Å². The van der Waals surface area contributed by atoms with E-state index in [2.05, 4.69) is 25.1 Å². The maximum absolute atomic E-state index is 11.8. The van der Waals surface area contributed by atoms with Gasteiger partial charge in [0.15, 0.2) is 0 Å². The number of methoxy groups -OCH3 is 1. The van der Waals surface area contributed by atoms with Gasteiger partial charge >= 0.3 is 0 Å². The number of carbonyl (C=O) groups excluding carboxylic acids is 1. The minimum atomic E-state index is 0.0848. The fraction of sp³-hybridized carbons (Fsp3) is 0.316. The van der Waals surface area contributed by atoms with Crippen molar-refractivity contribution in [1.29, 1.82) is 0 Å². The Hall–Kier alpha value is -2.09. The monoisotopic (exact) mass is 282 g/mol. The minimum absolute atomic E-state index is 0.0848. The third-order valence-electron chi connectivity index (χ3n) is 3.64. The van der Waals surface area contributed by atoms with Gasteiger partial charge in [0.05, 0.1) is 7.11 Å². The second kappa shape index (κ2) is 6.57. The topological polar surface area (TPSA) is 26.3 Å². The van der Waals surface area contributed by atoms with E-state index in [1.807, 2.05) is 38.1 Å². The van der Waals surface area contributed by atoms with Crippen LogP contribution in [0.3, 0.4) is 0 Å². The van der Waals surface area contributed by atoms with Crippen LogP contribution in [0.15, 0.2) is 42.5 Å². The minimum Gasteiger partial charge on any atom is -0.496 e. The zero-order chi connectivity index (χ0) is 15.4. The van der Waals surface area contributed by atoms with Crippen LogP contribution in [0, 0.1) is 12.8 Å². The van der Waals surface area contributed by atoms with E-state index in [0.717, 1.165) is 22.4 Å². The lowest BCUT2D eigenvalue weighted by Crippen LogP contribution is -2.09. The Bertz CT molecular complexity index is 625. The van der Waals surface area contributed by atoms with Crippen LogP contribution in [0.1, 0.15) is 25.0 Å². The summed E-state index contributed by atoms with van der Waals surface area (Å²) < 4.78 is 5.43. The van der Waals surface area contributed by atoms with Crippen LogP contribution in [-0.4, -0.2) is 12.9 Å². The number of hydrogen-bond donors (Lipinski definition) is 0. The molecule has 0 aliphatic heterocycles. The van der Waals surface area contributed by atoms with E-state index in [-0.39, 0.29) is 11.7 Å². The first kappa shape index (κ1) is 15.3. The lowest BCUT2D eigenvalue weighted by atomic mass is 9.97. The van der Waals surface area contributed by atoms with Crippen LogP contribution < -0.4 is 4.74 Å². The highest BCUT2D eigenvalue weighted by molar-refractivity contribution is 5.83. The number of aryl methyl sites for hydroxylation is 1. The number of benzene rings is 2. The third-order valence-corrected chi connectivity index (χ3v) is 3.64. The Balaban J connectivity index is 2.27. The number of Topliss-reactive ketones (excluding diaryl/α,β-unsaturated/α-hetero) is 1. The van der Waals surface area contributed by atoms with Gasteiger partial charge in [-0.2, -0.15) is 0 Å². The van der Waals surface area contributed by atoms with E-state index in [1.54, 1.807) is 7.11 Å². The summed E-state index contributed by atoms with van der Waals surface area (Å²) in [7, 11) is 1.68. The Morgan fingerprint density at radius 1 is 1.10 bits per heavy atom. The van der Waals surface area contributed by atoms with Crippen LogP contribution in [0.4, 0.5) is 0 Å². The Morgan fingerprint density at radius 3 is 2.33 bits per heavy atom. The summed E-state index contributed by atoms with van der Waals surface area (Å²) in [6.07, 6.45) is 0.503. The highest BCUT2D eigenvalue weighted by atomic mass is 16.5. The molecule has 110 valence electrons. The molecule has 0 N–H and O–H groups in total. The number of hydrogen-bond acceptors (Lipinski definition) is 2. The Labute approximate surface area is 126 Å². The summed E-state index contributed by atoms with van der Waals surface area (Å²) in [6, 6.07) is 14.3. The molecule has 2 aromatic rings. The molecule has 0 bridgehead atoms. The standard InChI is InChI=1S/C19H22O2/c1-13(2)18(20)12-15-6-8-16(9-7-15)17-11-14(3)5-10-19(17)21-4/h5-11,13H,12H2,1-4H3. The van der Waals surface area contributed by atoms with E-state index in [0.29, 0.717) is 6.42 Å². The van der Waals surface area contributed by atoms with Crippen molar-refractivity contribution in [3.05, 3.63) is 53.6 Å². The van der Waals surface area contributed by atoms with E-state index >= 15 is 0 Å². The molecule has 0 saturated carbocycles. The molecule has 21 heavy (non-hydrogen) atoms. The summed E-state index contributed by atoms with van der Waals surface area (Å²) in [5.41, 5.74) is 4.45. The van der Waals surface area contributed by atoms with E-state index < -0.39 is 0 Å². The van der Waals surface area contributed by atoms with E-state index in [1.165, 1.54) is 5.56 Å². The second-order valence-corrected chi connectivity index (χ2v) is 5.70. The highest BCUT2D eigenvalue weighted by Gasteiger charge is 2.09. The predicted molar refractivity (Wildman–Crippen MR) is 86.7 cm³/mol. The van der Waals surface area contributed by atoms with Crippen LogP contribution in [0.2, 0.25) is 0 Å². The molecule has 0 aromatic heterocycles. The molecule has 0 fully saturated rings. The van der Waals surface area contributed by atoms with Crippen molar-refractivity contribution >= 4 is 5.78 Å². The van der Waals surface area contributed by atoms with Crippen molar-refractivity contribution in [2.75, 3.05) is 7.11 Å². The van der Waals surface area contributed by atoms with Crippen molar-refractivity contribution < 1.29 is 9.53 Å². The Kier molecular flexibility index (Phi) is 4.79. The molecule has 0 aliphatic rings. The van der Waals surface area contributed by atoms with Crippen molar-refractivity contribution in [1.82, 2.24) is 0 Å². The lowest BCUT2D eigenvalue weighted by Gasteiger charge is -2.11. The summed E-state index contributed by atoms with van der Waals surface area (Å²) in [6.45, 7) is 5.95. The van der Waals surface area contributed by atoms with Gasteiger partial charge in [-0.05, 0) is 30.2 Å². The maximum atomic E-state index is 11.8. The average molecular weight is 282 g/mol. The molecule has 0 unspecified atom stereocenters. The molecule has 2 nitrogen and oxygen atoms in total. The van der Waals surface area contributed by atoms with Crippen molar-refractivity contribution in [2.45, 2.75) is 27.2 Å². The van der Waals surface area contributed by atoms with Gasteiger partial charge in [0.1, 0.15) is 11.5 Å². The van der Waals surface area contributed by atoms with Crippen molar-refractivity contribution in [3.8, 4) is 16.9 Å². The lowest BCUT2D eigenvalue weighted by molar-refractivity contribution is -0.121. The average Bonchev–Trinajstić information content (AvgIpc) is 2.48. The van der Waals surface area contributed by atoms with Gasteiger partial charge in [-0.3, -0.25) is 4.79 Å². The summed E-state index contributed by atoms with van der Waals surface area (Å²) in [4.78, 5) is 11.8. The van der Waals surface area contributed by atoms with Crippen LogP contribution >= 0.6 is 0 Å². The predicted octanol–water partition coefficient (Wildman–Crippen LogP) is 4.44. The molecule has 0 amide bonds. The maximum Gasteiger partial charge on any atom is 0.139 e. The fourth-order valence-electron chi connectivity index (χ4n) is 2.25. The molecular formula is C19H22O2. The van der Waals surface area contributed by atoms with Crippen LogP contribution in [0.25, 0.3) is 11.1 Å². The molecule has 0 heterocycles. The van der Waals surface area contributed by atoms with Gasteiger partial charge in [-0.1, -0.05) is 49.7 Å². The van der Waals surface area contributed by atoms with E-state index in [9.17, 15) is 4.79 Å². The Morgan fingerprint density at radius 2 is 1.76 bits per heavy atom. The highest BCUT2D eigenvalue weighted by Crippen LogP contribution is 2.31. The molecule has 0 atom stereocenters. The zero-order valence-corrected chi connectivity index (χ0v) is 13.1. The summed E-state index contributed by atoms with van der Waals surface area (Å²) >= 11 is 0. The first-order chi connectivity index (χ1) is 10.0. The number of rotatable bonds is 5. The SMILES string of the molecule is COc1ccc(C)cc1-c1ccc(CC(=O)C(C)C)cc1. The van der Waals surface area contributed by atoms with Crippen molar-refractivity contribution in [2.24, 2.45) is 5.92 Å². The van der Waals surface area contributed by atoms with Gasteiger partial charge in [-0.25, -0.2) is 0 Å². The summed E-state index contributed by atoms with van der Waals surface area (Å²) in [5, 5.41) is 0. The first-order valence-corrected chi connectivity index (χ1v) is 7.28. The molecule has 0 saturated heterocycles. The molecule has 0 aliphatic carbocycles. The van der Waals surface area contributed by atoms with Crippen LogP contribution in [-0.2, 0) is 11.2 Å². The van der Waals surface area contributed by atoms with Crippen LogP contribution in [0.5, 0.6) is 5.75 Å². The molecule has 0 radical (unpaired) electrons. The van der Waals surface area contributed by atoms with E-state index in [4.69, 9.17) is 4.74 Å². The summed E-state index contributed by atoms with van der Waals surface area (Å²) in [5.74, 6) is 1.23. The molecular weight excluding hydrogens is 260 g/mol. The largest absolute Gasteiger partial charge is 0.496 e.